The van der Waals surface area contributed by atoms with E-state index in [2.05, 4.69) is 140 Å². The van der Waals surface area contributed by atoms with Crippen LogP contribution in [0.25, 0.3) is 87.7 Å². The third kappa shape index (κ3) is 5.69. The van der Waals surface area contributed by atoms with Crippen LogP contribution in [0.5, 0.6) is 0 Å². The molecule has 0 radical (unpaired) electrons. The molecule has 0 unspecified atom stereocenters. The summed E-state index contributed by atoms with van der Waals surface area (Å²) in [5, 5.41) is 2.64. The summed E-state index contributed by atoms with van der Waals surface area (Å²) in [6, 6.07) is 61.7. The predicted molar refractivity (Wildman–Crippen MR) is 205 cm³/mol. The van der Waals surface area contributed by atoms with Gasteiger partial charge in [-0.05, 0) is 51.6 Å². The van der Waals surface area contributed by atoms with Crippen molar-refractivity contribution in [3.8, 4) is 67.5 Å². The van der Waals surface area contributed by atoms with Crippen molar-refractivity contribution in [2.24, 2.45) is 0 Å². The van der Waals surface area contributed by atoms with E-state index in [1.54, 1.807) is 0 Å². The SMILES string of the molecule is c1ccc(-c2ccc(-c3nc(-c4ccccc4)nc(-c4ccc(-c5ccc(-c6ccc7sc8ccccc8c7c6)cc5)cc4)n3)cc2)cc1. The van der Waals surface area contributed by atoms with Gasteiger partial charge in [0.25, 0.3) is 0 Å². The summed E-state index contributed by atoms with van der Waals surface area (Å²) in [6.45, 7) is 0. The quantitative estimate of drug-likeness (QED) is 0.181. The number of fused-ring (bicyclic) bond motifs is 3. The fourth-order valence-electron chi connectivity index (χ4n) is 6.37. The van der Waals surface area contributed by atoms with E-state index in [4.69, 9.17) is 15.0 Å². The van der Waals surface area contributed by atoms with Crippen LogP contribution in [0.4, 0.5) is 0 Å². The first-order valence-corrected chi connectivity index (χ1v) is 17.2. The van der Waals surface area contributed by atoms with E-state index >= 15 is 0 Å². The van der Waals surface area contributed by atoms with E-state index in [0.29, 0.717) is 17.5 Å². The Balaban J connectivity index is 1.02. The Hall–Kier alpha value is -6.23. The number of thiophene rings is 1. The lowest BCUT2D eigenvalue weighted by Gasteiger charge is -2.10. The van der Waals surface area contributed by atoms with Crippen LogP contribution in [0, 0.1) is 0 Å². The first kappa shape index (κ1) is 29.0. The minimum atomic E-state index is 0.647. The number of hydrogen-bond acceptors (Lipinski definition) is 4. The van der Waals surface area contributed by atoms with Crippen molar-refractivity contribution in [3.63, 3.8) is 0 Å². The van der Waals surface area contributed by atoms with E-state index < -0.39 is 0 Å². The molecule has 0 atom stereocenters. The Morgan fingerprint density at radius 2 is 0.612 bits per heavy atom. The van der Waals surface area contributed by atoms with Crippen LogP contribution in [0.1, 0.15) is 0 Å². The molecule has 7 aromatic carbocycles. The topological polar surface area (TPSA) is 38.7 Å². The summed E-state index contributed by atoms with van der Waals surface area (Å²) in [7, 11) is 0. The molecule has 49 heavy (non-hydrogen) atoms. The molecule has 0 aliphatic heterocycles. The van der Waals surface area contributed by atoms with Crippen LogP contribution < -0.4 is 0 Å². The third-order valence-electron chi connectivity index (χ3n) is 8.99. The summed E-state index contributed by atoms with van der Waals surface area (Å²) in [4.78, 5) is 14.8. The molecule has 0 spiro atoms. The Labute approximate surface area is 288 Å². The monoisotopic (exact) mass is 643 g/mol. The summed E-state index contributed by atoms with van der Waals surface area (Å²) in [5.41, 5.74) is 9.92. The lowest BCUT2D eigenvalue weighted by Crippen LogP contribution is -2.00. The van der Waals surface area contributed by atoms with Crippen LogP contribution in [-0.2, 0) is 0 Å². The first-order valence-electron chi connectivity index (χ1n) is 16.4. The predicted octanol–water partition coefficient (Wildman–Crippen LogP) is 12.2. The van der Waals surface area contributed by atoms with Crippen molar-refractivity contribution in [1.82, 2.24) is 15.0 Å². The zero-order chi connectivity index (χ0) is 32.6. The normalized spacial score (nSPS) is 11.3. The Bertz CT molecular complexity index is 2560. The smallest absolute Gasteiger partial charge is 0.164 e. The molecular weight excluding hydrogens is 615 g/mol. The maximum Gasteiger partial charge on any atom is 0.164 e. The molecule has 2 aromatic heterocycles. The van der Waals surface area contributed by atoms with Gasteiger partial charge in [0.05, 0.1) is 0 Å². The zero-order valence-electron chi connectivity index (χ0n) is 26.5. The molecule has 3 nitrogen and oxygen atoms in total. The standard InChI is InChI=1S/C45H29N3S/c1-3-9-30(10-4-1)31-19-23-36(24-20-31)44-46-43(35-11-5-2-6-12-35)47-45(48-44)37-25-21-33(22-26-37)32-15-17-34(18-16-32)38-27-28-42-40(29-38)39-13-7-8-14-41(39)49-42/h1-29H. The highest BCUT2D eigenvalue weighted by molar-refractivity contribution is 7.25. The maximum absolute atomic E-state index is 4.96. The highest BCUT2D eigenvalue weighted by Crippen LogP contribution is 2.37. The molecule has 230 valence electrons. The molecule has 0 saturated carbocycles. The van der Waals surface area contributed by atoms with Gasteiger partial charge in [0.2, 0.25) is 0 Å². The van der Waals surface area contributed by atoms with E-state index in [-0.39, 0.29) is 0 Å². The lowest BCUT2D eigenvalue weighted by atomic mass is 9.98. The summed E-state index contributed by atoms with van der Waals surface area (Å²) < 4.78 is 2.65. The highest BCUT2D eigenvalue weighted by Gasteiger charge is 2.13. The second-order valence-electron chi connectivity index (χ2n) is 12.1. The van der Waals surface area contributed by atoms with Crippen molar-refractivity contribution in [2.75, 3.05) is 0 Å². The van der Waals surface area contributed by atoms with E-state index in [1.807, 2.05) is 47.7 Å². The fraction of sp³-hybridized carbons (Fsp3) is 0. The van der Waals surface area contributed by atoms with Gasteiger partial charge in [-0.15, -0.1) is 11.3 Å². The average molecular weight is 644 g/mol. The fourth-order valence-corrected chi connectivity index (χ4v) is 7.45. The Kier molecular flexibility index (Phi) is 7.34. The first-order chi connectivity index (χ1) is 24.2. The van der Waals surface area contributed by atoms with Gasteiger partial charge < -0.3 is 0 Å². The number of nitrogens with zero attached hydrogens (tertiary/aromatic N) is 3. The molecule has 0 N–H and O–H groups in total. The molecule has 2 heterocycles. The summed E-state index contributed by atoms with van der Waals surface area (Å²) >= 11 is 1.85. The molecule has 9 rings (SSSR count). The molecule has 0 fully saturated rings. The van der Waals surface area contributed by atoms with Crippen molar-refractivity contribution in [3.05, 3.63) is 176 Å². The van der Waals surface area contributed by atoms with E-state index in [0.717, 1.165) is 33.4 Å². The van der Waals surface area contributed by atoms with Crippen LogP contribution >= 0.6 is 11.3 Å². The number of rotatable bonds is 6. The third-order valence-corrected chi connectivity index (χ3v) is 10.1. The number of aromatic nitrogens is 3. The number of hydrogen-bond donors (Lipinski definition) is 0. The van der Waals surface area contributed by atoms with Crippen molar-refractivity contribution in [2.45, 2.75) is 0 Å². The second-order valence-corrected chi connectivity index (χ2v) is 13.2. The molecule has 0 bridgehead atoms. The molecule has 0 aliphatic rings. The van der Waals surface area contributed by atoms with Gasteiger partial charge >= 0.3 is 0 Å². The summed E-state index contributed by atoms with van der Waals surface area (Å²) in [5.74, 6) is 1.95. The maximum atomic E-state index is 4.96. The van der Waals surface area contributed by atoms with Crippen LogP contribution in [0.15, 0.2) is 176 Å². The lowest BCUT2D eigenvalue weighted by molar-refractivity contribution is 1.07. The molecule has 0 aliphatic carbocycles. The Morgan fingerprint density at radius 3 is 1.14 bits per heavy atom. The summed E-state index contributed by atoms with van der Waals surface area (Å²) in [6.07, 6.45) is 0. The van der Waals surface area contributed by atoms with Crippen molar-refractivity contribution < 1.29 is 0 Å². The van der Waals surface area contributed by atoms with Crippen molar-refractivity contribution in [1.29, 1.82) is 0 Å². The minimum Gasteiger partial charge on any atom is -0.208 e. The Morgan fingerprint density at radius 1 is 0.265 bits per heavy atom. The van der Waals surface area contributed by atoms with Crippen LogP contribution in [-0.4, -0.2) is 15.0 Å². The van der Waals surface area contributed by atoms with Crippen molar-refractivity contribution >= 4 is 31.5 Å². The van der Waals surface area contributed by atoms with Gasteiger partial charge in [-0.3, -0.25) is 0 Å². The van der Waals surface area contributed by atoms with Gasteiger partial charge in [-0.1, -0.05) is 158 Å². The van der Waals surface area contributed by atoms with E-state index in [1.165, 1.54) is 36.9 Å². The van der Waals surface area contributed by atoms with E-state index in [9.17, 15) is 0 Å². The van der Waals surface area contributed by atoms with Gasteiger partial charge in [0.15, 0.2) is 17.5 Å². The van der Waals surface area contributed by atoms with Gasteiger partial charge in [0.1, 0.15) is 0 Å². The average Bonchev–Trinajstić information content (AvgIpc) is 3.57. The van der Waals surface area contributed by atoms with Gasteiger partial charge in [0, 0.05) is 36.9 Å². The zero-order valence-corrected chi connectivity index (χ0v) is 27.3. The molecule has 9 aromatic rings. The van der Waals surface area contributed by atoms with Gasteiger partial charge in [-0.2, -0.15) is 0 Å². The number of benzene rings is 7. The van der Waals surface area contributed by atoms with Gasteiger partial charge in [-0.25, -0.2) is 15.0 Å². The molecular formula is C45H29N3S. The molecule has 0 amide bonds. The minimum absolute atomic E-state index is 0.647. The molecule has 0 saturated heterocycles. The largest absolute Gasteiger partial charge is 0.208 e. The molecule has 4 heteroatoms. The highest BCUT2D eigenvalue weighted by atomic mass is 32.1. The second kappa shape index (κ2) is 12.4. The van der Waals surface area contributed by atoms with Crippen LogP contribution in [0.2, 0.25) is 0 Å². The van der Waals surface area contributed by atoms with Crippen LogP contribution in [0.3, 0.4) is 0 Å².